The summed E-state index contributed by atoms with van der Waals surface area (Å²) in [5, 5.41) is 5.68. The Bertz CT molecular complexity index is 822. The summed E-state index contributed by atoms with van der Waals surface area (Å²) in [6, 6.07) is 10.6. The smallest absolute Gasteiger partial charge is 0.240 e. The highest BCUT2D eigenvalue weighted by atomic mass is 35.5. The van der Waals surface area contributed by atoms with E-state index in [-0.39, 0.29) is 5.91 Å². The number of ether oxygens (including phenoxy) is 1. The van der Waals surface area contributed by atoms with E-state index in [0.29, 0.717) is 40.2 Å². The Hall–Kier alpha value is -1.75. The second-order valence-corrected chi connectivity index (χ2v) is 6.97. The number of amides is 1. The molecule has 0 aliphatic heterocycles. The van der Waals surface area contributed by atoms with E-state index in [2.05, 4.69) is 10.5 Å². The molecule has 0 aromatic heterocycles. The first kappa shape index (κ1) is 20.6. The number of halogens is 3. The van der Waals surface area contributed by atoms with Crippen LogP contribution in [0.1, 0.15) is 30.9 Å². The van der Waals surface area contributed by atoms with Crippen molar-refractivity contribution in [3.05, 3.63) is 62.6 Å². The summed E-state index contributed by atoms with van der Waals surface area (Å²) in [6.07, 6.45) is 0.889. The summed E-state index contributed by atoms with van der Waals surface area (Å²) in [4.78, 5) is 11.9. The third kappa shape index (κ3) is 6.20. The maximum atomic E-state index is 11.9. The van der Waals surface area contributed by atoms with Gasteiger partial charge in [-0.25, -0.2) is 5.43 Å². The highest BCUT2D eigenvalue weighted by molar-refractivity contribution is 6.42. The standard InChI is InChI=1S/C19H19Cl3N2O2/c1-12-10-15(20)6-8-18(12)26-9-3-4-19(25)24-23-13(2)14-5-7-16(21)17(22)11-14/h5-8,10-11H,3-4,9H2,1-2H3,(H,24,25)/b23-13+. The molecule has 0 atom stereocenters. The van der Waals surface area contributed by atoms with Crippen molar-refractivity contribution in [2.24, 2.45) is 5.10 Å². The van der Waals surface area contributed by atoms with E-state index in [1.165, 1.54) is 0 Å². The van der Waals surface area contributed by atoms with E-state index < -0.39 is 0 Å². The molecule has 0 bridgehead atoms. The minimum absolute atomic E-state index is 0.180. The predicted molar refractivity (Wildman–Crippen MR) is 108 cm³/mol. The molecule has 0 aliphatic carbocycles. The number of hydrogen-bond donors (Lipinski definition) is 1. The van der Waals surface area contributed by atoms with Gasteiger partial charge in [0, 0.05) is 11.4 Å². The molecule has 2 aromatic carbocycles. The van der Waals surface area contributed by atoms with Crippen LogP contribution in [-0.2, 0) is 4.79 Å². The van der Waals surface area contributed by atoms with Crippen molar-refractivity contribution in [2.45, 2.75) is 26.7 Å². The molecule has 0 spiro atoms. The van der Waals surface area contributed by atoms with E-state index in [1.54, 1.807) is 31.2 Å². The van der Waals surface area contributed by atoms with Gasteiger partial charge < -0.3 is 4.74 Å². The third-order valence-corrected chi connectivity index (χ3v) is 4.60. The van der Waals surface area contributed by atoms with Crippen LogP contribution in [0, 0.1) is 6.92 Å². The van der Waals surface area contributed by atoms with Crippen molar-refractivity contribution < 1.29 is 9.53 Å². The molecule has 0 saturated carbocycles. The number of aryl methyl sites for hydroxylation is 1. The first-order valence-corrected chi connectivity index (χ1v) is 9.17. The lowest BCUT2D eigenvalue weighted by atomic mass is 10.1. The van der Waals surface area contributed by atoms with Crippen LogP contribution in [0.15, 0.2) is 41.5 Å². The average molecular weight is 414 g/mol. The van der Waals surface area contributed by atoms with Crippen LogP contribution in [0.2, 0.25) is 15.1 Å². The van der Waals surface area contributed by atoms with Crippen LogP contribution >= 0.6 is 34.8 Å². The summed E-state index contributed by atoms with van der Waals surface area (Å²) in [5.41, 5.74) is 4.93. The molecule has 7 heteroatoms. The van der Waals surface area contributed by atoms with Crippen molar-refractivity contribution >= 4 is 46.4 Å². The van der Waals surface area contributed by atoms with Crippen molar-refractivity contribution in [1.29, 1.82) is 0 Å². The molecule has 0 saturated heterocycles. The molecule has 26 heavy (non-hydrogen) atoms. The van der Waals surface area contributed by atoms with Crippen molar-refractivity contribution in [3.8, 4) is 5.75 Å². The van der Waals surface area contributed by atoms with Gasteiger partial charge in [-0.3, -0.25) is 4.79 Å². The van der Waals surface area contributed by atoms with Crippen LogP contribution < -0.4 is 10.2 Å². The molecule has 138 valence electrons. The SMILES string of the molecule is C/C(=N\NC(=O)CCCOc1ccc(Cl)cc1C)c1ccc(Cl)c(Cl)c1. The zero-order valence-corrected chi connectivity index (χ0v) is 16.8. The molecule has 2 rings (SSSR count). The number of nitrogens with one attached hydrogen (secondary N) is 1. The topological polar surface area (TPSA) is 50.7 Å². The lowest BCUT2D eigenvalue weighted by Crippen LogP contribution is -2.19. The second-order valence-electron chi connectivity index (χ2n) is 5.72. The third-order valence-electron chi connectivity index (χ3n) is 3.63. The normalized spacial score (nSPS) is 11.3. The highest BCUT2D eigenvalue weighted by Gasteiger charge is 2.05. The van der Waals surface area contributed by atoms with Gasteiger partial charge in [0.25, 0.3) is 0 Å². The summed E-state index contributed by atoms with van der Waals surface area (Å²) >= 11 is 17.8. The molecule has 0 fully saturated rings. The van der Waals surface area contributed by atoms with Gasteiger partial charge in [0.05, 0.1) is 22.4 Å². The summed E-state index contributed by atoms with van der Waals surface area (Å²) in [6.45, 7) is 4.14. The molecule has 0 unspecified atom stereocenters. The minimum Gasteiger partial charge on any atom is -0.493 e. The second kappa shape index (κ2) is 9.81. The Morgan fingerprint density at radius 2 is 1.88 bits per heavy atom. The lowest BCUT2D eigenvalue weighted by Gasteiger charge is -2.09. The molecule has 1 N–H and O–H groups in total. The van der Waals surface area contributed by atoms with Gasteiger partial charge in [-0.05, 0) is 61.7 Å². The van der Waals surface area contributed by atoms with E-state index in [4.69, 9.17) is 39.5 Å². The van der Waals surface area contributed by atoms with Crippen LogP contribution in [0.4, 0.5) is 0 Å². The number of rotatable bonds is 7. The van der Waals surface area contributed by atoms with E-state index in [9.17, 15) is 4.79 Å². The summed E-state index contributed by atoms with van der Waals surface area (Å²) in [7, 11) is 0. The van der Waals surface area contributed by atoms with Crippen molar-refractivity contribution in [3.63, 3.8) is 0 Å². The van der Waals surface area contributed by atoms with Gasteiger partial charge in [-0.15, -0.1) is 0 Å². The van der Waals surface area contributed by atoms with Crippen LogP contribution in [0.25, 0.3) is 0 Å². The fourth-order valence-electron chi connectivity index (χ4n) is 2.18. The Kier molecular flexibility index (Phi) is 7.76. The molecule has 1 amide bonds. The minimum atomic E-state index is -0.180. The number of hydrogen-bond acceptors (Lipinski definition) is 3. The number of carbonyl (C=O) groups is 1. The van der Waals surface area contributed by atoms with Gasteiger partial charge in [0.1, 0.15) is 5.75 Å². The van der Waals surface area contributed by atoms with Gasteiger partial charge in [0.15, 0.2) is 0 Å². The Morgan fingerprint density at radius 1 is 1.12 bits per heavy atom. The van der Waals surface area contributed by atoms with Crippen LogP contribution in [-0.4, -0.2) is 18.2 Å². The maximum absolute atomic E-state index is 11.9. The van der Waals surface area contributed by atoms with Gasteiger partial charge >= 0.3 is 0 Å². The maximum Gasteiger partial charge on any atom is 0.240 e. The first-order chi connectivity index (χ1) is 12.4. The molecule has 2 aromatic rings. The Labute approximate surface area is 168 Å². The molecule has 0 heterocycles. The zero-order valence-electron chi connectivity index (χ0n) is 14.5. The average Bonchev–Trinajstić information content (AvgIpc) is 2.60. The fraction of sp³-hybridized carbons (Fsp3) is 0.263. The summed E-state index contributed by atoms with van der Waals surface area (Å²) < 4.78 is 5.66. The van der Waals surface area contributed by atoms with E-state index >= 15 is 0 Å². The van der Waals surface area contributed by atoms with Crippen molar-refractivity contribution in [1.82, 2.24) is 5.43 Å². The fourth-order valence-corrected chi connectivity index (χ4v) is 2.70. The highest BCUT2D eigenvalue weighted by Crippen LogP contribution is 2.23. The molecular formula is C19H19Cl3N2O2. The Balaban J connectivity index is 1.76. The van der Waals surface area contributed by atoms with Crippen LogP contribution in [0.3, 0.4) is 0 Å². The first-order valence-electron chi connectivity index (χ1n) is 8.04. The number of hydrazone groups is 1. The molecular weight excluding hydrogens is 395 g/mol. The van der Waals surface area contributed by atoms with E-state index in [0.717, 1.165) is 16.9 Å². The molecule has 0 radical (unpaired) electrons. The monoisotopic (exact) mass is 412 g/mol. The van der Waals surface area contributed by atoms with Gasteiger partial charge in [0.2, 0.25) is 5.91 Å². The number of benzene rings is 2. The number of nitrogens with zero attached hydrogens (tertiary/aromatic N) is 1. The molecule has 0 aliphatic rings. The van der Waals surface area contributed by atoms with Crippen LogP contribution in [0.5, 0.6) is 5.75 Å². The molecule has 4 nitrogen and oxygen atoms in total. The van der Waals surface area contributed by atoms with Gasteiger partial charge in [-0.1, -0.05) is 40.9 Å². The van der Waals surface area contributed by atoms with Crippen molar-refractivity contribution in [2.75, 3.05) is 6.61 Å². The predicted octanol–water partition coefficient (Wildman–Crippen LogP) is 5.65. The number of carbonyl (C=O) groups excluding carboxylic acids is 1. The summed E-state index contributed by atoms with van der Waals surface area (Å²) in [5.74, 6) is 0.587. The largest absolute Gasteiger partial charge is 0.493 e. The van der Waals surface area contributed by atoms with E-state index in [1.807, 2.05) is 19.1 Å². The zero-order chi connectivity index (χ0) is 19.1. The quantitative estimate of drug-likeness (QED) is 0.362. The van der Waals surface area contributed by atoms with Gasteiger partial charge in [-0.2, -0.15) is 5.10 Å². The lowest BCUT2D eigenvalue weighted by molar-refractivity contribution is -0.121. The Morgan fingerprint density at radius 3 is 2.58 bits per heavy atom.